The van der Waals surface area contributed by atoms with Crippen LogP contribution in [0.25, 0.3) is 0 Å². The first kappa shape index (κ1) is 4.74. The van der Waals surface area contributed by atoms with Gasteiger partial charge in [-0.15, -0.1) is 6.58 Å². The van der Waals surface area contributed by atoms with Crippen molar-refractivity contribution >= 4 is 0 Å². The van der Waals surface area contributed by atoms with Gasteiger partial charge in [-0.2, -0.15) is 0 Å². The first-order chi connectivity index (χ1) is 2.41. The van der Waals surface area contributed by atoms with Crippen molar-refractivity contribution in [3.05, 3.63) is 19.6 Å². The van der Waals surface area contributed by atoms with Crippen LogP contribution in [0.3, 0.4) is 0 Å². The van der Waals surface area contributed by atoms with Crippen LogP contribution >= 0.6 is 0 Å². The molecule has 0 unspecified atom stereocenters. The van der Waals surface area contributed by atoms with E-state index in [1.54, 1.807) is 0 Å². The highest BCUT2D eigenvalue weighted by atomic mass is 13.7. The molecule has 0 fully saturated rings. The van der Waals surface area contributed by atoms with Gasteiger partial charge in [0, 0.05) is 0 Å². The summed E-state index contributed by atoms with van der Waals surface area (Å²) in [5.74, 6) is 0. The van der Waals surface area contributed by atoms with Crippen LogP contribution in [0, 0.1) is 6.92 Å². The van der Waals surface area contributed by atoms with Gasteiger partial charge in [-0.05, 0) is 12.8 Å². The number of rotatable bonds is 2. The molecule has 0 heteroatoms. The molecule has 0 aliphatic carbocycles. The van der Waals surface area contributed by atoms with Crippen molar-refractivity contribution in [1.29, 1.82) is 0 Å². The summed E-state index contributed by atoms with van der Waals surface area (Å²) in [6.07, 6.45) is 3.89. The zero-order valence-electron chi connectivity index (χ0n) is 3.41. The lowest BCUT2D eigenvalue weighted by molar-refractivity contribution is 1.05. The Labute approximate surface area is 33.5 Å². The molecule has 0 atom stereocenters. The summed E-state index contributed by atoms with van der Waals surface area (Å²) >= 11 is 0. The molecule has 0 aliphatic heterocycles. The average Bonchev–Trinajstić information content (AvgIpc) is 1.41. The highest BCUT2D eigenvalue weighted by Gasteiger charge is 1.61. The number of hydrogen-bond donors (Lipinski definition) is 0. The zero-order chi connectivity index (χ0) is 4.12. The first-order valence-electron chi connectivity index (χ1n) is 1.82. The van der Waals surface area contributed by atoms with Crippen LogP contribution in [-0.4, -0.2) is 0 Å². The fraction of sp³-hybridized carbons (Fsp3) is 0.400. The van der Waals surface area contributed by atoms with Crippen LogP contribution in [0.15, 0.2) is 12.7 Å². The molecule has 0 aliphatic rings. The Morgan fingerprint density at radius 3 is 2.20 bits per heavy atom. The molecule has 0 rings (SSSR count). The smallest absolute Gasteiger partial charge is 0.0353 e. The number of allylic oxidation sites excluding steroid dienone is 1. The number of hydrogen-bond acceptors (Lipinski definition) is 0. The van der Waals surface area contributed by atoms with Gasteiger partial charge in [-0.1, -0.05) is 13.0 Å². The molecule has 0 nitrogen and oxygen atoms in total. The van der Waals surface area contributed by atoms with E-state index in [4.69, 9.17) is 0 Å². The van der Waals surface area contributed by atoms with Gasteiger partial charge in [0.05, 0.1) is 0 Å². The van der Waals surface area contributed by atoms with Gasteiger partial charge in [-0.25, -0.2) is 0 Å². The molecule has 1 radical (unpaired) electrons. The molecule has 0 saturated carbocycles. The molecule has 0 bridgehead atoms. The quantitative estimate of drug-likeness (QED) is 0.433. The average molecular weight is 69.1 g/mol. The van der Waals surface area contributed by atoms with E-state index in [-0.39, 0.29) is 0 Å². The molecular formula is C5H9. The molecule has 5 heavy (non-hydrogen) atoms. The monoisotopic (exact) mass is 69.1 g/mol. The van der Waals surface area contributed by atoms with Crippen LogP contribution in [0.1, 0.15) is 12.8 Å². The fourth-order valence-electron chi connectivity index (χ4n) is 0.144. The Kier molecular flexibility index (Phi) is 3.55. The SMILES string of the molecule is [CH2]CCC=C. The van der Waals surface area contributed by atoms with Gasteiger partial charge in [0.1, 0.15) is 0 Å². The highest BCUT2D eigenvalue weighted by Crippen LogP contribution is 1.81. The molecule has 0 heterocycles. The predicted molar refractivity (Wildman–Crippen MR) is 24.8 cm³/mol. The third kappa shape index (κ3) is 3.74. The topological polar surface area (TPSA) is 0 Å². The summed E-state index contributed by atoms with van der Waals surface area (Å²) in [5, 5.41) is 0. The van der Waals surface area contributed by atoms with Gasteiger partial charge in [0.25, 0.3) is 0 Å². The minimum absolute atomic E-state index is 0.976. The highest BCUT2D eigenvalue weighted by molar-refractivity contribution is 4.65. The van der Waals surface area contributed by atoms with Crippen LogP contribution in [0.2, 0.25) is 0 Å². The van der Waals surface area contributed by atoms with Crippen molar-refractivity contribution in [2.45, 2.75) is 12.8 Å². The summed E-state index contributed by atoms with van der Waals surface area (Å²) in [6, 6.07) is 0. The van der Waals surface area contributed by atoms with Crippen LogP contribution in [0.4, 0.5) is 0 Å². The van der Waals surface area contributed by atoms with E-state index in [0.717, 1.165) is 12.8 Å². The van der Waals surface area contributed by atoms with Gasteiger partial charge in [0.2, 0.25) is 0 Å². The standard InChI is InChI=1S/C5H9/c1-3-5-4-2/h3H,1-2,4-5H2. The first-order valence-corrected chi connectivity index (χ1v) is 1.82. The minimum atomic E-state index is 0.976. The van der Waals surface area contributed by atoms with Crippen LogP contribution in [0.5, 0.6) is 0 Å². The lowest BCUT2D eigenvalue weighted by atomic mass is 10.3. The molecule has 0 aromatic heterocycles. The summed E-state index contributed by atoms with van der Waals surface area (Å²) in [5.41, 5.74) is 0. The summed E-state index contributed by atoms with van der Waals surface area (Å²) in [6.45, 7) is 7.11. The van der Waals surface area contributed by atoms with E-state index in [1.807, 2.05) is 6.08 Å². The molecule has 0 aromatic rings. The molecule has 0 aromatic carbocycles. The molecule has 0 saturated heterocycles. The maximum absolute atomic E-state index is 3.60. The summed E-state index contributed by atoms with van der Waals surface area (Å²) in [4.78, 5) is 0. The van der Waals surface area contributed by atoms with Crippen molar-refractivity contribution in [3.8, 4) is 0 Å². The normalized spacial score (nSPS) is 7.40. The second kappa shape index (κ2) is 3.74. The third-order valence-corrected chi connectivity index (χ3v) is 0.408. The van der Waals surface area contributed by atoms with Crippen LogP contribution < -0.4 is 0 Å². The van der Waals surface area contributed by atoms with E-state index >= 15 is 0 Å². The number of unbranched alkanes of at least 4 members (excludes halogenated alkanes) is 1. The maximum Gasteiger partial charge on any atom is -0.0353 e. The van der Waals surface area contributed by atoms with Crippen molar-refractivity contribution in [2.75, 3.05) is 0 Å². The largest absolute Gasteiger partial charge is 0.103 e. The molecule has 0 N–H and O–H groups in total. The second-order valence-corrected chi connectivity index (χ2v) is 0.931. The Bertz CT molecular complexity index is 21.2. The van der Waals surface area contributed by atoms with Crippen molar-refractivity contribution < 1.29 is 0 Å². The molecular weight excluding hydrogens is 60.1 g/mol. The van der Waals surface area contributed by atoms with E-state index in [2.05, 4.69) is 13.5 Å². The second-order valence-electron chi connectivity index (χ2n) is 0.931. The fourth-order valence-corrected chi connectivity index (χ4v) is 0.144. The lowest BCUT2D eigenvalue weighted by Gasteiger charge is -1.72. The summed E-state index contributed by atoms with van der Waals surface area (Å²) < 4.78 is 0. The Morgan fingerprint density at radius 2 is 2.20 bits per heavy atom. The Morgan fingerprint density at radius 1 is 1.60 bits per heavy atom. The van der Waals surface area contributed by atoms with E-state index in [1.165, 1.54) is 0 Å². The van der Waals surface area contributed by atoms with Gasteiger partial charge in [0.15, 0.2) is 0 Å². The lowest BCUT2D eigenvalue weighted by Crippen LogP contribution is -1.53. The molecule has 29 valence electrons. The van der Waals surface area contributed by atoms with E-state index in [9.17, 15) is 0 Å². The van der Waals surface area contributed by atoms with Crippen molar-refractivity contribution in [1.82, 2.24) is 0 Å². The van der Waals surface area contributed by atoms with E-state index in [0.29, 0.717) is 0 Å². The van der Waals surface area contributed by atoms with Gasteiger partial charge >= 0.3 is 0 Å². The Balaban J connectivity index is 2.40. The van der Waals surface area contributed by atoms with Crippen molar-refractivity contribution in [2.24, 2.45) is 0 Å². The van der Waals surface area contributed by atoms with Crippen molar-refractivity contribution in [3.63, 3.8) is 0 Å². The maximum atomic E-state index is 3.60. The zero-order valence-corrected chi connectivity index (χ0v) is 3.41. The Hall–Kier alpha value is -0.260. The van der Waals surface area contributed by atoms with Gasteiger partial charge < -0.3 is 0 Å². The van der Waals surface area contributed by atoms with E-state index < -0.39 is 0 Å². The third-order valence-electron chi connectivity index (χ3n) is 0.408. The predicted octanol–water partition coefficient (Wildman–Crippen LogP) is 1.79. The minimum Gasteiger partial charge on any atom is -0.103 e. The van der Waals surface area contributed by atoms with Crippen LogP contribution in [-0.2, 0) is 0 Å². The molecule has 0 amide bonds. The molecule has 0 spiro atoms. The summed E-state index contributed by atoms with van der Waals surface area (Å²) in [7, 11) is 0. The van der Waals surface area contributed by atoms with Gasteiger partial charge in [-0.3, -0.25) is 0 Å².